The number of amides is 1. The van der Waals surface area contributed by atoms with Gasteiger partial charge in [0.2, 0.25) is 10.0 Å². The lowest BCUT2D eigenvalue weighted by Crippen LogP contribution is -2.25. The van der Waals surface area contributed by atoms with Gasteiger partial charge in [-0.15, -0.1) is 11.3 Å². The molecule has 2 N–H and O–H groups in total. The highest BCUT2D eigenvalue weighted by Crippen LogP contribution is 2.33. The maximum absolute atomic E-state index is 14.3. The Balaban J connectivity index is 1.86. The Bertz CT molecular complexity index is 1140. The Morgan fingerprint density at radius 3 is 2.55 bits per heavy atom. The fourth-order valence-corrected chi connectivity index (χ4v) is 5.01. The van der Waals surface area contributed by atoms with E-state index in [0.29, 0.717) is 31.7 Å². The molecule has 2 aromatic carbocycles. The number of hydrogen-bond donors (Lipinski definition) is 2. The first-order valence-electron chi connectivity index (χ1n) is 8.81. The van der Waals surface area contributed by atoms with Crippen molar-refractivity contribution in [2.24, 2.45) is 0 Å². The van der Waals surface area contributed by atoms with Crippen LogP contribution in [-0.4, -0.2) is 28.5 Å². The molecule has 3 rings (SSSR count). The van der Waals surface area contributed by atoms with E-state index in [9.17, 15) is 17.6 Å². The first-order valence-corrected chi connectivity index (χ1v) is 11.3. The van der Waals surface area contributed by atoms with Gasteiger partial charge < -0.3 is 10.1 Å². The van der Waals surface area contributed by atoms with E-state index in [1.54, 1.807) is 36.4 Å². The normalized spacial score (nSPS) is 11.7. The summed E-state index contributed by atoms with van der Waals surface area (Å²) in [5.41, 5.74) is 1.80. The highest BCUT2D eigenvalue weighted by molar-refractivity contribution is 7.88. The lowest BCUT2D eigenvalue weighted by atomic mass is 10.1. The molecular formula is C20H21FN2O4S2. The minimum atomic E-state index is -3.44. The molecule has 0 bridgehead atoms. The molecule has 0 unspecified atom stereocenters. The average Bonchev–Trinajstić information content (AvgIpc) is 3.07. The molecule has 29 heavy (non-hydrogen) atoms. The van der Waals surface area contributed by atoms with Gasteiger partial charge in [0, 0.05) is 29.3 Å². The monoisotopic (exact) mass is 436 g/mol. The van der Waals surface area contributed by atoms with Crippen LogP contribution in [0, 0.1) is 5.82 Å². The molecule has 0 aliphatic carbocycles. The summed E-state index contributed by atoms with van der Waals surface area (Å²) in [7, 11) is -0.591. The van der Waals surface area contributed by atoms with Crippen LogP contribution in [0.1, 0.15) is 26.4 Å². The second-order valence-corrected chi connectivity index (χ2v) is 9.35. The summed E-state index contributed by atoms with van der Waals surface area (Å²) in [5, 5.41) is 3.21. The van der Waals surface area contributed by atoms with E-state index in [1.165, 1.54) is 31.6 Å². The van der Waals surface area contributed by atoms with Gasteiger partial charge in [-0.05, 0) is 30.3 Å². The highest BCUT2D eigenvalue weighted by atomic mass is 32.2. The zero-order valence-electron chi connectivity index (χ0n) is 16.0. The van der Waals surface area contributed by atoms with Crippen LogP contribution in [0.3, 0.4) is 0 Å². The van der Waals surface area contributed by atoms with Gasteiger partial charge in [0.25, 0.3) is 5.91 Å². The molecule has 0 saturated carbocycles. The number of sulfonamides is 1. The number of thiophene rings is 1. The van der Waals surface area contributed by atoms with Gasteiger partial charge in [-0.1, -0.05) is 30.3 Å². The number of nitrogens with one attached hydrogen (secondary N) is 2. The van der Waals surface area contributed by atoms with E-state index in [-0.39, 0.29) is 24.8 Å². The van der Waals surface area contributed by atoms with Crippen molar-refractivity contribution in [3.05, 3.63) is 69.8 Å². The molecule has 1 amide bonds. The van der Waals surface area contributed by atoms with Crippen LogP contribution in [0.2, 0.25) is 0 Å². The van der Waals surface area contributed by atoms with Gasteiger partial charge in [0.1, 0.15) is 5.82 Å². The predicted molar refractivity (Wildman–Crippen MR) is 112 cm³/mol. The second kappa shape index (κ2) is 9.00. The fourth-order valence-electron chi connectivity index (χ4n) is 3.04. The molecule has 0 aliphatic rings. The van der Waals surface area contributed by atoms with Gasteiger partial charge >= 0.3 is 0 Å². The number of ether oxygens (including phenoxy) is 1. The van der Waals surface area contributed by atoms with E-state index in [2.05, 4.69) is 10.0 Å². The smallest absolute Gasteiger partial charge is 0.262 e. The maximum Gasteiger partial charge on any atom is 0.262 e. The Kier molecular flexibility index (Phi) is 6.63. The van der Waals surface area contributed by atoms with Gasteiger partial charge in [0.05, 0.1) is 17.2 Å². The first kappa shape index (κ1) is 21.4. The summed E-state index contributed by atoms with van der Waals surface area (Å²) in [6, 6.07) is 11.7. The van der Waals surface area contributed by atoms with Gasteiger partial charge in [-0.3, -0.25) is 4.79 Å². The minimum absolute atomic E-state index is 0.112. The van der Waals surface area contributed by atoms with Crippen molar-refractivity contribution in [3.63, 3.8) is 0 Å². The maximum atomic E-state index is 14.3. The Morgan fingerprint density at radius 2 is 1.86 bits per heavy atom. The van der Waals surface area contributed by atoms with Crippen molar-refractivity contribution in [2.75, 3.05) is 14.2 Å². The van der Waals surface area contributed by atoms with E-state index in [4.69, 9.17) is 4.74 Å². The largest absolute Gasteiger partial charge is 0.380 e. The Hall–Kier alpha value is -2.33. The Morgan fingerprint density at radius 1 is 1.14 bits per heavy atom. The zero-order valence-corrected chi connectivity index (χ0v) is 17.6. The average molecular weight is 437 g/mol. The van der Waals surface area contributed by atoms with Crippen LogP contribution in [0.15, 0.2) is 42.5 Å². The third-order valence-corrected chi connectivity index (χ3v) is 6.98. The standard InChI is InChI=1S/C20H21FN2O4S2/c1-22-29(25,26)12-14-7-4-3-6-13(14)10-23-20(24)19-15(11-27-2)18-16(21)8-5-9-17(18)28-19/h3-9,22H,10-12H2,1-2H3,(H,23,24). The number of rotatable bonds is 8. The van der Waals surface area contributed by atoms with Crippen LogP contribution >= 0.6 is 11.3 Å². The van der Waals surface area contributed by atoms with E-state index in [0.717, 1.165) is 0 Å². The summed E-state index contributed by atoms with van der Waals surface area (Å²) < 4.78 is 46.2. The van der Waals surface area contributed by atoms with E-state index < -0.39 is 15.8 Å². The zero-order chi connectivity index (χ0) is 21.0. The molecule has 0 atom stereocenters. The molecule has 0 aliphatic heterocycles. The molecule has 0 radical (unpaired) electrons. The van der Waals surface area contributed by atoms with Crippen molar-refractivity contribution in [1.29, 1.82) is 0 Å². The number of benzene rings is 2. The molecule has 6 nitrogen and oxygen atoms in total. The Labute approximate surface area is 172 Å². The summed E-state index contributed by atoms with van der Waals surface area (Å²) in [4.78, 5) is 13.2. The fraction of sp³-hybridized carbons (Fsp3) is 0.250. The van der Waals surface area contributed by atoms with Crippen molar-refractivity contribution in [3.8, 4) is 0 Å². The molecule has 9 heteroatoms. The van der Waals surface area contributed by atoms with Crippen molar-refractivity contribution < 1.29 is 22.3 Å². The molecule has 154 valence electrons. The molecule has 1 heterocycles. The second-order valence-electron chi connectivity index (χ2n) is 6.37. The quantitative estimate of drug-likeness (QED) is 0.568. The van der Waals surface area contributed by atoms with Crippen molar-refractivity contribution >= 4 is 37.4 Å². The summed E-state index contributed by atoms with van der Waals surface area (Å²) >= 11 is 1.20. The predicted octanol–water partition coefficient (Wildman–Crippen LogP) is 3.17. The van der Waals surface area contributed by atoms with Crippen LogP contribution in [0.25, 0.3) is 10.1 Å². The molecule has 0 spiro atoms. The highest BCUT2D eigenvalue weighted by Gasteiger charge is 2.21. The van der Waals surface area contributed by atoms with Crippen LogP contribution in [0.5, 0.6) is 0 Å². The molecule has 1 aromatic heterocycles. The lowest BCUT2D eigenvalue weighted by molar-refractivity contribution is 0.0950. The topological polar surface area (TPSA) is 84.5 Å². The number of fused-ring (bicyclic) bond motifs is 1. The van der Waals surface area contributed by atoms with Crippen molar-refractivity contribution in [2.45, 2.75) is 18.9 Å². The number of carbonyl (C=O) groups is 1. The van der Waals surface area contributed by atoms with Gasteiger partial charge in [-0.2, -0.15) is 0 Å². The number of hydrogen-bond acceptors (Lipinski definition) is 5. The third kappa shape index (κ3) is 4.81. The van der Waals surface area contributed by atoms with Crippen LogP contribution in [-0.2, 0) is 33.7 Å². The lowest BCUT2D eigenvalue weighted by Gasteiger charge is -2.11. The van der Waals surface area contributed by atoms with E-state index >= 15 is 0 Å². The third-order valence-electron chi connectivity index (χ3n) is 4.47. The summed E-state index contributed by atoms with van der Waals surface area (Å²) in [6.45, 7) is 0.262. The van der Waals surface area contributed by atoms with Gasteiger partial charge in [-0.25, -0.2) is 17.5 Å². The summed E-state index contributed by atoms with van der Waals surface area (Å²) in [5.74, 6) is -0.935. The molecule has 3 aromatic rings. The van der Waals surface area contributed by atoms with Crippen LogP contribution in [0.4, 0.5) is 4.39 Å². The molecule has 0 fully saturated rings. The number of halogens is 1. The molecule has 0 saturated heterocycles. The van der Waals surface area contributed by atoms with Crippen molar-refractivity contribution in [1.82, 2.24) is 10.0 Å². The van der Waals surface area contributed by atoms with Gasteiger partial charge in [0.15, 0.2) is 0 Å². The van der Waals surface area contributed by atoms with Crippen LogP contribution < -0.4 is 10.0 Å². The number of methoxy groups -OCH3 is 1. The minimum Gasteiger partial charge on any atom is -0.380 e. The summed E-state index contributed by atoms with van der Waals surface area (Å²) in [6.07, 6.45) is 0. The first-order chi connectivity index (χ1) is 13.9. The number of carbonyl (C=O) groups excluding carboxylic acids is 1. The molecular weight excluding hydrogens is 415 g/mol. The SMILES string of the molecule is CNS(=O)(=O)Cc1ccccc1CNC(=O)c1sc2cccc(F)c2c1COC. The van der Waals surface area contributed by atoms with E-state index in [1.807, 2.05) is 0 Å².